The Morgan fingerprint density at radius 1 is 0.964 bits per heavy atom. The lowest BCUT2D eigenvalue weighted by molar-refractivity contribution is -0.120. The Morgan fingerprint density at radius 2 is 1.61 bits per heavy atom. The van der Waals surface area contributed by atoms with Crippen LogP contribution in [0.15, 0.2) is 33.5 Å². The SMILES string of the molecule is CCCCCCCCCCCCNC(=O)Cc1cc(=O)oc2cc(O)ccc12. The van der Waals surface area contributed by atoms with Gasteiger partial charge < -0.3 is 14.8 Å². The number of benzene rings is 1. The van der Waals surface area contributed by atoms with Crippen LogP contribution in [0, 0.1) is 0 Å². The van der Waals surface area contributed by atoms with E-state index >= 15 is 0 Å². The first-order valence-corrected chi connectivity index (χ1v) is 10.6. The van der Waals surface area contributed by atoms with E-state index in [1.54, 1.807) is 6.07 Å². The zero-order valence-electron chi connectivity index (χ0n) is 17.0. The summed E-state index contributed by atoms with van der Waals surface area (Å²) in [6.07, 6.45) is 12.8. The number of hydrogen-bond acceptors (Lipinski definition) is 4. The van der Waals surface area contributed by atoms with Gasteiger partial charge in [0.15, 0.2) is 0 Å². The molecule has 0 aliphatic heterocycles. The molecule has 0 aliphatic carbocycles. The third-order valence-electron chi connectivity index (χ3n) is 5.02. The van der Waals surface area contributed by atoms with Gasteiger partial charge in [0.25, 0.3) is 0 Å². The number of phenolic OH excluding ortho intramolecular Hbond substituents is 1. The molecular weight excluding hydrogens is 354 g/mol. The molecule has 28 heavy (non-hydrogen) atoms. The lowest BCUT2D eigenvalue weighted by atomic mass is 10.1. The molecule has 0 unspecified atom stereocenters. The minimum atomic E-state index is -0.518. The zero-order valence-corrected chi connectivity index (χ0v) is 17.0. The number of rotatable bonds is 13. The molecule has 0 spiro atoms. The van der Waals surface area contributed by atoms with E-state index in [0.29, 0.717) is 23.1 Å². The highest BCUT2D eigenvalue weighted by Crippen LogP contribution is 2.22. The van der Waals surface area contributed by atoms with E-state index in [0.717, 1.165) is 12.8 Å². The van der Waals surface area contributed by atoms with Crippen molar-refractivity contribution in [2.45, 2.75) is 77.6 Å². The Bertz CT molecular complexity index is 797. The third kappa shape index (κ3) is 7.75. The quantitative estimate of drug-likeness (QED) is 0.371. The predicted molar refractivity (Wildman–Crippen MR) is 113 cm³/mol. The van der Waals surface area contributed by atoms with Crippen molar-refractivity contribution in [3.05, 3.63) is 40.2 Å². The first-order chi connectivity index (χ1) is 13.6. The summed E-state index contributed by atoms with van der Waals surface area (Å²) in [5.41, 5.74) is 0.396. The molecular formula is C23H33NO4. The van der Waals surface area contributed by atoms with Gasteiger partial charge in [0.05, 0.1) is 6.42 Å². The maximum atomic E-state index is 12.2. The molecule has 0 bridgehead atoms. The highest BCUT2D eigenvalue weighted by atomic mass is 16.4. The first-order valence-electron chi connectivity index (χ1n) is 10.6. The number of hydrogen-bond donors (Lipinski definition) is 2. The summed E-state index contributed by atoms with van der Waals surface area (Å²) in [6, 6.07) is 5.92. The fourth-order valence-corrected chi connectivity index (χ4v) is 3.44. The van der Waals surface area contributed by atoms with E-state index in [1.807, 2.05) is 0 Å². The normalized spacial score (nSPS) is 11.0. The van der Waals surface area contributed by atoms with Crippen LogP contribution in [0.1, 0.15) is 76.7 Å². The van der Waals surface area contributed by atoms with Crippen LogP contribution in [0.25, 0.3) is 11.0 Å². The summed E-state index contributed by atoms with van der Waals surface area (Å²) in [6.45, 7) is 2.90. The molecule has 1 aromatic carbocycles. The second-order valence-electron chi connectivity index (χ2n) is 7.48. The molecule has 0 radical (unpaired) electrons. The van der Waals surface area contributed by atoms with E-state index in [9.17, 15) is 14.7 Å². The average molecular weight is 388 g/mol. The number of nitrogens with one attached hydrogen (secondary N) is 1. The van der Waals surface area contributed by atoms with Crippen molar-refractivity contribution in [1.29, 1.82) is 0 Å². The molecule has 0 aliphatic rings. The largest absolute Gasteiger partial charge is 0.508 e. The molecule has 2 rings (SSSR count). The van der Waals surface area contributed by atoms with Gasteiger partial charge in [-0.25, -0.2) is 4.79 Å². The van der Waals surface area contributed by atoms with Crippen molar-refractivity contribution in [1.82, 2.24) is 5.32 Å². The van der Waals surface area contributed by atoms with Gasteiger partial charge in [-0.15, -0.1) is 0 Å². The van der Waals surface area contributed by atoms with Crippen molar-refractivity contribution in [2.75, 3.05) is 6.54 Å². The number of carbonyl (C=O) groups excluding carboxylic acids is 1. The second-order valence-corrected chi connectivity index (χ2v) is 7.48. The molecule has 1 aromatic heterocycles. The Hall–Kier alpha value is -2.30. The first kappa shape index (κ1) is 22.0. The monoisotopic (exact) mass is 387 g/mol. The van der Waals surface area contributed by atoms with Crippen molar-refractivity contribution in [3.63, 3.8) is 0 Å². The van der Waals surface area contributed by atoms with Gasteiger partial charge in [0.1, 0.15) is 11.3 Å². The summed E-state index contributed by atoms with van der Waals surface area (Å²) in [5.74, 6) is -0.0749. The van der Waals surface area contributed by atoms with Gasteiger partial charge in [-0.2, -0.15) is 0 Å². The van der Waals surface area contributed by atoms with Gasteiger partial charge in [-0.3, -0.25) is 4.79 Å². The Balaban J connectivity index is 1.64. The predicted octanol–water partition coefficient (Wildman–Crippen LogP) is 5.08. The number of amides is 1. The van der Waals surface area contributed by atoms with Crippen LogP contribution in [0.5, 0.6) is 5.75 Å². The fourth-order valence-electron chi connectivity index (χ4n) is 3.44. The molecule has 2 N–H and O–H groups in total. The van der Waals surface area contributed by atoms with E-state index in [-0.39, 0.29) is 18.1 Å². The van der Waals surface area contributed by atoms with E-state index in [2.05, 4.69) is 12.2 Å². The van der Waals surface area contributed by atoms with Crippen LogP contribution in [0.4, 0.5) is 0 Å². The lowest BCUT2D eigenvalue weighted by Gasteiger charge is -2.07. The highest BCUT2D eigenvalue weighted by Gasteiger charge is 2.10. The zero-order chi connectivity index (χ0) is 20.2. The number of aromatic hydroxyl groups is 1. The highest BCUT2D eigenvalue weighted by molar-refractivity contribution is 5.87. The smallest absolute Gasteiger partial charge is 0.336 e. The number of phenols is 1. The molecule has 1 heterocycles. The summed E-state index contributed by atoms with van der Waals surface area (Å²) in [5, 5.41) is 13.1. The molecule has 154 valence electrons. The molecule has 5 heteroatoms. The lowest BCUT2D eigenvalue weighted by Crippen LogP contribution is -2.26. The maximum absolute atomic E-state index is 12.2. The number of fused-ring (bicyclic) bond motifs is 1. The molecule has 5 nitrogen and oxygen atoms in total. The third-order valence-corrected chi connectivity index (χ3v) is 5.02. The Labute approximate surface area is 167 Å². The van der Waals surface area contributed by atoms with Crippen molar-refractivity contribution in [2.24, 2.45) is 0 Å². The van der Waals surface area contributed by atoms with Crippen LogP contribution in [-0.4, -0.2) is 17.6 Å². The Morgan fingerprint density at radius 3 is 2.29 bits per heavy atom. The molecule has 2 aromatic rings. The molecule has 1 amide bonds. The van der Waals surface area contributed by atoms with Gasteiger partial charge in [0.2, 0.25) is 5.91 Å². The van der Waals surface area contributed by atoms with E-state index < -0.39 is 5.63 Å². The molecule has 0 saturated carbocycles. The van der Waals surface area contributed by atoms with Gasteiger partial charge in [0, 0.05) is 24.1 Å². The van der Waals surface area contributed by atoms with Gasteiger partial charge >= 0.3 is 5.63 Å². The van der Waals surface area contributed by atoms with E-state index in [1.165, 1.54) is 69.6 Å². The minimum Gasteiger partial charge on any atom is -0.508 e. The maximum Gasteiger partial charge on any atom is 0.336 e. The van der Waals surface area contributed by atoms with Crippen LogP contribution in [0.2, 0.25) is 0 Å². The van der Waals surface area contributed by atoms with Crippen molar-refractivity contribution in [3.8, 4) is 5.75 Å². The summed E-state index contributed by atoms with van der Waals surface area (Å²) >= 11 is 0. The van der Waals surface area contributed by atoms with Gasteiger partial charge in [-0.1, -0.05) is 64.7 Å². The summed E-state index contributed by atoms with van der Waals surface area (Å²) in [7, 11) is 0. The summed E-state index contributed by atoms with van der Waals surface area (Å²) in [4.78, 5) is 23.9. The van der Waals surface area contributed by atoms with Crippen molar-refractivity contribution < 1.29 is 14.3 Å². The molecule has 0 fully saturated rings. The molecule has 0 saturated heterocycles. The average Bonchev–Trinajstić information content (AvgIpc) is 2.65. The topological polar surface area (TPSA) is 79.5 Å². The van der Waals surface area contributed by atoms with Gasteiger partial charge in [-0.05, 0) is 24.1 Å². The van der Waals surface area contributed by atoms with Crippen molar-refractivity contribution >= 4 is 16.9 Å². The van der Waals surface area contributed by atoms with Crippen LogP contribution in [-0.2, 0) is 11.2 Å². The number of carbonyl (C=O) groups is 1. The fraction of sp³-hybridized carbons (Fsp3) is 0.565. The van der Waals surface area contributed by atoms with E-state index in [4.69, 9.17) is 4.42 Å². The summed E-state index contributed by atoms with van der Waals surface area (Å²) < 4.78 is 5.09. The second kappa shape index (κ2) is 12.2. The van der Waals surface area contributed by atoms with Crippen LogP contribution < -0.4 is 10.9 Å². The molecule has 0 atom stereocenters. The Kier molecular flexibility index (Phi) is 9.60. The van der Waals surface area contributed by atoms with Crippen LogP contribution in [0.3, 0.4) is 0 Å². The minimum absolute atomic E-state index is 0.0261. The van der Waals surface area contributed by atoms with Crippen LogP contribution >= 0.6 is 0 Å². The number of unbranched alkanes of at least 4 members (excludes halogenated alkanes) is 9. The standard InChI is InChI=1S/C23H33NO4/c1-2-3-4-5-6-7-8-9-10-11-14-24-22(26)15-18-16-23(27)28-21-17-19(25)12-13-20(18)21/h12-13,16-17,25H,2-11,14-15H2,1H3,(H,24,26).